The molecule has 0 fully saturated rings. The molecule has 3 aromatic rings. The first-order valence-electron chi connectivity index (χ1n) is 6.53. The third kappa shape index (κ3) is 2.68. The van der Waals surface area contributed by atoms with E-state index in [9.17, 15) is 0 Å². The lowest BCUT2D eigenvalue weighted by Gasteiger charge is -2.12. The molecule has 2 aromatic heterocycles. The molecule has 0 aliphatic rings. The molecule has 0 spiro atoms. The molecule has 4 nitrogen and oxygen atoms in total. The van der Waals surface area contributed by atoms with Crippen LogP contribution in [0.25, 0.3) is 10.9 Å². The smallest absolute Gasteiger partial charge is 0.140 e. The van der Waals surface area contributed by atoms with E-state index < -0.39 is 0 Å². The Kier molecular flexibility index (Phi) is 3.50. The van der Waals surface area contributed by atoms with Crippen molar-refractivity contribution in [3.05, 3.63) is 59.9 Å². The summed E-state index contributed by atoms with van der Waals surface area (Å²) in [5.41, 5.74) is 9.15. The highest BCUT2D eigenvalue weighted by atomic mass is 32.1. The largest absolute Gasteiger partial charge is 0.389 e. The van der Waals surface area contributed by atoms with Gasteiger partial charge in [0.1, 0.15) is 10.8 Å². The van der Waals surface area contributed by atoms with Gasteiger partial charge in [-0.25, -0.2) is 4.98 Å². The van der Waals surface area contributed by atoms with Gasteiger partial charge in [0, 0.05) is 17.3 Å². The first kappa shape index (κ1) is 13.5. The predicted octanol–water partition coefficient (Wildman–Crippen LogP) is 3.32. The molecule has 21 heavy (non-hydrogen) atoms. The third-order valence-electron chi connectivity index (χ3n) is 3.19. The van der Waals surface area contributed by atoms with Crippen molar-refractivity contribution in [2.24, 2.45) is 5.73 Å². The molecular weight excluding hydrogens is 280 g/mol. The summed E-state index contributed by atoms with van der Waals surface area (Å²) in [5, 5.41) is 4.36. The number of hydrogen-bond donors (Lipinski definition) is 2. The van der Waals surface area contributed by atoms with Crippen LogP contribution in [0.5, 0.6) is 0 Å². The minimum absolute atomic E-state index is 0.318. The van der Waals surface area contributed by atoms with Crippen LogP contribution in [0.4, 0.5) is 11.5 Å². The van der Waals surface area contributed by atoms with Crippen molar-refractivity contribution in [1.29, 1.82) is 0 Å². The lowest BCUT2D eigenvalue weighted by atomic mass is 10.1. The Hall–Kier alpha value is -2.53. The number of aryl methyl sites for hydroxylation is 1. The summed E-state index contributed by atoms with van der Waals surface area (Å²) >= 11 is 5.09. The molecule has 2 heterocycles. The second-order valence-corrected chi connectivity index (χ2v) is 5.16. The van der Waals surface area contributed by atoms with Crippen LogP contribution in [-0.4, -0.2) is 15.0 Å². The van der Waals surface area contributed by atoms with Gasteiger partial charge in [-0.1, -0.05) is 30.4 Å². The summed E-state index contributed by atoms with van der Waals surface area (Å²) in [7, 11) is 0. The zero-order chi connectivity index (χ0) is 14.8. The number of thiocarbonyl (C=S) groups is 1. The number of nitrogens with zero attached hydrogens (tertiary/aromatic N) is 2. The lowest BCUT2D eigenvalue weighted by Crippen LogP contribution is -2.13. The molecule has 0 amide bonds. The highest BCUT2D eigenvalue weighted by molar-refractivity contribution is 7.80. The number of para-hydroxylation sites is 1. The summed E-state index contributed by atoms with van der Waals surface area (Å²) in [6.45, 7) is 1.93. The quantitative estimate of drug-likeness (QED) is 0.726. The molecule has 104 valence electrons. The van der Waals surface area contributed by atoms with Crippen LogP contribution in [-0.2, 0) is 0 Å². The minimum Gasteiger partial charge on any atom is -0.389 e. The van der Waals surface area contributed by atoms with E-state index in [0.29, 0.717) is 10.8 Å². The number of benzene rings is 1. The van der Waals surface area contributed by atoms with Crippen molar-refractivity contribution in [2.45, 2.75) is 6.92 Å². The average Bonchev–Trinajstić information content (AvgIpc) is 2.47. The van der Waals surface area contributed by atoms with E-state index in [1.54, 1.807) is 6.20 Å². The predicted molar refractivity (Wildman–Crippen MR) is 89.9 cm³/mol. The van der Waals surface area contributed by atoms with E-state index in [1.807, 2.05) is 49.4 Å². The monoisotopic (exact) mass is 294 g/mol. The highest BCUT2D eigenvalue weighted by Crippen LogP contribution is 2.25. The first-order valence-corrected chi connectivity index (χ1v) is 6.94. The standard InChI is InChI=1S/C16H14N4S/c1-10-7-8-12(15(17)21)16(19-10)20-13-6-2-4-11-5-3-9-18-14(11)13/h2-9H,1H3,(H2,17,21)(H,19,20). The van der Waals surface area contributed by atoms with Gasteiger partial charge < -0.3 is 11.1 Å². The Balaban J connectivity index is 2.11. The van der Waals surface area contributed by atoms with Crippen molar-refractivity contribution < 1.29 is 0 Å². The van der Waals surface area contributed by atoms with Crippen molar-refractivity contribution in [2.75, 3.05) is 5.32 Å². The number of aromatic nitrogens is 2. The Bertz CT molecular complexity index is 824. The number of anilines is 2. The van der Waals surface area contributed by atoms with Crippen LogP contribution in [0.2, 0.25) is 0 Å². The Morgan fingerprint density at radius 1 is 1.14 bits per heavy atom. The third-order valence-corrected chi connectivity index (χ3v) is 3.41. The summed E-state index contributed by atoms with van der Waals surface area (Å²) in [4.78, 5) is 9.23. The van der Waals surface area contributed by atoms with Crippen molar-refractivity contribution >= 4 is 39.6 Å². The van der Waals surface area contributed by atoms with Crippen LogP contribution < -0.4 is 11.1 Å². The maximum atomic E-state index is 5.77. The summed E-state index contributed by atoms with van der Waals surface area (Å²) in [6, 6.07) is 13.7. The lowest BCUT2D eigenvalue weighted by molar-refractivity contribution is 1.19. The molecule has 5 heteroatoms. The zero-order valence-corrected chi connectivity index (χ0v) is 12.3. The van der Waals surface area contributed by atoms with Gasteiger partial charge in [0.05, 0.1) is 16.8 Å². The molecule has 0 saturated heterocycles. The molecule has 0 unspecified atom stereocenters. The zero-order valence-electron chi connectivity index (χ0n) is 11.5. The van der Waals surface area contributed by atoms with E-state index >= 15 is 0 Å². The van der Waals surface area contributed by atoms with Crippen LogP contribution >= 0.6 is 12.2 Å². The van der Waals surface area contributed by atoms with E-state index in [0.717, 1.165) is 27.8 Å². The van der Waals surface area contributed by atoms with Gasteiger partial charge in [0.2, 0.25) is 0 Å². The maximum absolute atomic E-state index is 5.77. The topological polar surface area (TPSA) is 63.8 Å². The minimum atomic E-state index is 0.318. The molecule has 0 aliphatic carbocycles. The average molecular weight is 294 g/mol. The van der Waals surface area contributed by atoms with Gasteiger partial charge in [0.15, 0.2) is 0 Å². The Morgan fingerprint density at radius 3 is 2.76 bits per heavy atom. The van der Waals surface area contributed by atoms with E-state index in [4.69, 9.17) is 18.0 Å². The van der Waals surface area contributed by atoms with Crippen molar-refractivity contribution in [3.8, 4) is 0 Å². The number of hydrogen-bond acceptors (Lipinski definition) is 4. The molecule has 3 rings (SSSR count). The van der Waals surface area contributed by atoms with Crippen LogP contribution in [0.3, 0.4) is 0 Å². The van der Waals surface area contributed by atoms with Crippen LogP contribution in [0, 0.1) is 6.92 Å². The van der Waals surface area contributed by atoms with Crippen LogP contribution in [0.1, 0.15) is 11.3 Å². The highest BCUT2D eigenvalue weighted by Gasteiger charge is 2.09. The normalized spacial score (nSPS) is 10.5. The van der Waals surface area contributed by atoms with Gasteiger partial charge in [-0.3, -0.25) is 4.98 Å². The van der Waals surface area contributed by atoms with E-state index in [2.05, 4.69) is 15.3 Å². The van der Waals surface area contributed by atoms with Crippen molar-refractivity contribution in [3.63, 3.8) is 0 Å². The number of pyridine rings is 2. The maximum Gasteiger partial charge on any atom is 0.140 e. The Labute approximate surface area is 128 Å². The summed E-state index contributed by atoms with van der Waals surface area (Å²) < 4.78 is 0. The van der Waals surface area contributed by atoms with Gasteiger partial charge >= 0.3 is 0 Å². The molecule has 0 aliphatic heterocycles. The number of fused-ring (bicyclic) bond motifs is 1. The molecule has 0 bridgehead atoms. The van der Waals surface area contributed by atoms with Crippen LogP contribution in [0.15, 0.2) is 48.7 Å². The van der Waals surface area contributed by atoms with Crippen molar-refractivity contribution in [1.82, 2.24) is 9.97 Å². The molecular formula is C16H14N4S. The molecule has 1 aromatic carbocycles. The van der Waals surface area contributed by atoms with Gasteiger partial charge in [0.25, 0.3) is 0 Å². The first-order chi connectivity index (χ1) is 10.1. The molecule has 3 N–H and O–H groups in total. The number of nitrogens with two attached hydrogens (primary N) is 1. The van der Waals surface area contributed by atoms with Gasteiger partial charge in [-0.2, -0.15) is 0 Å². The summed E-state index contributed by atoms with van der Waals surface area (Å²) in [5.74, 6) is 0.653. The fourth-order valence-corrected chi connectivity index (χ4v) is 2.35. The van der Waals surface area contributed by atoms with Gasteiger partial charge in [-0.05, 0) is 31.2 Å². The second-order valence-electron chi connectivity index (χ2n) is 4.72. The summed E-state index contributed by atoms with van der Waals surface area (Å²) in [6.07, 6.45) is 1.77. The number of rotatable bonds is 3. The molecule has 0 atom stereocenters. The van der Waals surface area contributed by atoms with E-state index in [1.165, 1.54) is 0 Å². The fraction of sp³-hybridized carbons (Fsp3) is 0.0625. The van der Waals surface area contributed by atoms with E-state index in [-0.39, 0.29) is 0 Å². The molecule has 0 radical (unpaired) electrons. The second kappa shape index (κ2) is 5.46. The van der Waals surface area contributed by atoms with Gasteiger partial charge in [-0.15, -0.1) is 0 Å². The molecule has 0 saturated carbocycles. The SMILES string of the molecule is Cc1ccc(C(N)=S)c(Nc2cccc3cccnc23)n1. The Morgan fingerprint density at radius 2 is 1.95 bits per heavy atom. The fourth-order valence-electron chi connectivity index (χ4n) is 2.18. The number of nitrogens with one attached hydrogen (secondary N) is 1.